The molecule has 0 saturated carbocycles. The molecule has 0 N–H and O–H groups in total. The minimum atomic E-state index is 0.555. The van der Waals surface area contributed by atoms with Crippen LogP contribution in [0.1, 0.15) is 0 Å². The number of aromatic nitrogens is 4. The van der Waals surface area contributed by atoms with Crippen LogP contribution in [0.4, 0.5) is 0 Å². The Kier molecular flexibility index (Phi) is 5.40. The van der Waals surface area contributed by atoms with Gasteiger partial charge in [-0.25, -0.2) is 19.9 Å². The zero-order chi connectivity index (χ0) is 29.0. The quantitative estimate of drug-likeness (QED) is 0.211. The fraction of sp³-hybridized carbons (Fsp3) is 0. The molecule has 0 radical (unpaired) electrons. The summed E-state index contributed by atoms with van der Waals surface area (Å²) >= 11 is 0. The topological polar surface area (TPSA) is 77.8 Å². The normalized spacial score (nSPS) is 11.6. The van der Waals surface area contributed by atoms with Crippen LogP contribution >= 0.6 is 0 Å². The minimum absolute atomic E-state index is 0.555. The maximum atomic E-state index is 6.36. The van der Waals surface area contributed by atoms with Gasteiger partial charge in [-0.1, -0.05) is 97.1 Å². The first-order chi connectivity index (χ1) is 21.8. The molecule has 0 unspecified atom stereocenters. The van der Waals surface area contributed by atoms with Gasteiger partial charge in [0.15, 0.2) is 23.1 Å². The molecule has 0 aliphatic heterocycles. The number of rotatable bonds is 4. The highest BCUT2D eigenvalue weighted by Gasteiger charge is 2.21. The van der Waals surface area contributed by atoms with Gasteiger partial charge in [-0.15, -0.1) is 0 Å². The predicted molar refractivity (Wildman–Crippen MR) is 174 cm³/mol. The van der Waals surface area contributed by atoms with E-state index < -0.39 is 0 Å². The van der Waals surface area contributed by atoms with Gasteiger partial charge in [0, 0.05) is 27.6 Å². The van der Waals surface area contributed by atoms with Crippen molar-refractivity contribution in [2.24, 2.45) is 0 Å². The Bertz CT molecular complexity index is 2500. The molecular weight excluding hydrogens is 544 g/mol. The molecule has 206 valence electrons. The number of oxazole rings is 1. The average Bonchev–Trinajstić information content (AvgIpc) is 3.70. The molecule has 3 heterocycles. The molecule has 0 amide bonds. The van der Waals surface area contributed by atoms with E-state index in [0.29, 0.717) is 28.9 Å². The molecule has 0 aliphatic carbocycles. The summed E-state index contributed by atoms with van der Waals surface area (Å²) in [6.45, 7) is 0. The van der Waals surface area contributed by atoms with Crippen molar-refractivity contribution in [1.29, 1.82) is 0 Å². The van der Waals surface area contributed by atoms with E-state index in [9.17, 15) is 0 Å². The van der Waals surface area contributed by atoms with Crippen molar-refractivity contribution in [3.63, 3.8) is 0 Å². The van der Waals surface area contributed by atoms with Crippen molar-refractivity contribution in [3.8, 4) is 45.6 Å². The van der Waals surface area contributed by atoms with Crippen LogP contribution in [0.25, 0.3) is 89.4 Å². The fourth-order valence-electron chi connectivity index (χ4n) is 5.86. The van der Waals surface area contributed by atoms with E-state index in [1.54, 1.807) is 0 Å². The average molecular weight is 567 g/mol. The third kappa shape index (κ3) is 3.96. The van der Waals surface area contributed by atoms with Crippen LogP contribution in [-0.2, 0) is 0 Å². The third-order valence-corrected chi connectivity index (χ3v) is 7.96. The summed E-state index contributed by atoms with van der Waals surface area (Å²) in [5, 5.41) is 4.04. The zero-order valence-electron chi connectivity index (χ0n) is 23.3. The highest BCUT2D eigenvalue weighted by molar-refractivity contribution is 6.20. The maximum absolute atomic E-state index is 6.36. The lowest BCUT2D eigenvalue weighted by Crippen LogP contribution is -2.00. The Balaban J connectivity index is 1.31. The monoisotopic (exact) mass is 566 g/mol. The molecule has 0 saturated heterocycles. The van der Waals surface area contributed by atoms with E-state index in [2.05, 4.69) is 30.3 Å². The lowest BCUT2D eigenvalue weighted by Gasteiger charge is -2.10. The van der Waals surface area contributed by atoms with Crippen LogP contribution in [0, 0.1) is 0 Å². The summed E-state index contributed by atoms with van der Waals surface area (Å²) in [6.07, 6.45) is 0. The molecule has 6 aromatic carbocycles. The van der Waals surface area contributed by atoms with Crippen molar-refractivity contribution >= 4 is 43.8 Å². The molecule has 0 atom stereocenters. The summed E-state index contributed by atoms with van der Waals surface area (Å²) in [4.78, 5) is 20.0. The van der Waals surface area contributed by atoms with Gasteiger partial charge in [-0.2, -0.15) is 0 Å². The van der Waals surface area contributed by atoms with Crippen LogP contribution in [-0.4, -0.2) is 19.9 Å². The lowest BCUT2D eigenvalue weighted by atomic mass is 10.0. The molecule has 44 heavy (non-hydrogen) atoms. The molecule has 0 spiro atoms. The van der Waals surface area contributed by atoms with Crippen LogP contribution in [0.15, 0.2) is 142 Å². The van der Waals surface area contributed by atoms with Crippen LogP contribution in [0.2, 0.25) is 0 Å². The number of hydrogen-bond acceptors (Lipinski definition) is 6. The first-order valence-corrected chi connectivity index (χ1v) is 14.4. The number of furan rings is 1. The van der Waals surface area contributed by atoms with Crippen molar-refractivity contribution in [2.75, 3.05) is 0 Å². The summed E-state index contributed by atoms with van der Waals surface area (Å²) in [5.41, 5.74) is 6.44. The molecule has 9 rings (SSSR count). The van der Waals surface area contributed by atoms with Gasteiger partial charge in [0.1, 0.15) is 16.7 Å². The second-order valence-electron chi connectivity index (χ2n) is 10.7. The molecular formula is C38H22N4O2. The Hall–Kier alpha value is -6.14. The summed E-state index contributed by atoms with van der Waals surface area (Å²) in [7, 11) is 0. The fourth-order valence-corrected chi connectivity index (χ4v) is 5.86. The van der Waals surface area contributed by atoms with Gasteiger partial charge in [-0.05, 0) is 47.2 Å². The smallest absolute Gasteiger partial charge is 0.227 e. The van der Waals surface area contributed by atoms with Gasteiger partial charge < -0.3 is 8.83 Å². The van der Waals surface area contributed by atoms with Gasteiger partial charge in [0.25, 0.3) is 0 Å². The molecule has 0 fully saturated rings. The van der Waals surface area contributed by atoms with Gasteiger partial charge in [0.05, 0.1) is 5.39 Å². The largest absolute Gasteiger partial charge is 0.456 e. The number of hydrogen-bond donors (Lipinski definition) is 0. The van der Waals surface area contributed by atoms with Crippen LogP contribution in [0.5, 0.6) is 0 Å². The Labute approximate surface area is 251 Å². The summed E-state index contributed by atoms with van der Waals surface area (Å²) in [6, 6.07) is 44.3. The lowest BCUT2D eigenvalue weighted by molar-refractivity contribution is 0.619. The van der Waals surface area contributed by atoms with Gasteiger partial charge >= 0.3 is 0 Å². The molecule has 6 nitrogen and oxygen atoms in total. The van der Waals surface area contributed by atoms with Crippen LogP contribution < -0.4 is 0 Å². The maximum Gasteiger partial charge on any atom is 0.227 e. The van der Waals surface area contributed by atoms with Crippen molar-refractivity contribution in [1.82, 2.24) is 19.9 Å². The van der Waals surface area contributed by atoms with E-state index in [-0.39, 0.29) is 0 Å². The molecule has 3 aromatic heterocycles. The SMILES string of the molecule is c1ccc(-c2nc(-c3ccc4ccccc4c3)nc(-c3cccc4oc5ccc6oc(-c7ccccc7)nc6c5c34)n2)cc1. The van der Waals surface area contributed by atoms with Crippen LogP contribution in [0.3, 0.4) is 0 Å². The number of benzene rings is 6. The van der Waals surface area contributed by atoms with E-state index in [1.165, 1.54) is 0 Å². The number of nitrogens with zero attached hydrogens (tertiary/aromatic N) is 4. The van der Waals surface area contributed by atoms with Crippen molar-refractivity contribution in [2.45, 2.75) is 0 Å². The summed E-state index contributed by atoms with van der Waals surface area (Å²) in [5.74, 6) is 2.31. The van der Waals surface area contributed by atoms with Gasteiger partial charge in [-0.3, -0.25) is 0 Å². The van der Waals surface area contributed by atoms with E-state index >= 15 is 0 Å². The first-order valence-electron chi connectivity index (χ1n) is 14.4. The molecule has 9 aromatic rings. The van der Waals surface area contributed by atoms with Crippen molar-refractivity contribution in [3.05, 3.63) is 133 Å². The highest BCUT2D eigenvalue weighted by atomic mass is 16.4. The van der Waals surface area contributed by atoms with Gasteiger partial charge in [0.2, 0.25) is 5.89 Å². The number of fused-ring (bicyclic) bond motifs is 6. The minimum Gasteiger partial charge on any atom is -0.456 e. The predicted octanol–water partition coefficient (Wildman–Crippen LogP) is 9.73. The Morgan fingerprint density at radius 1 is 0.386 bits per heavy atom. The van der Waals surface area contributed by atoms with E-state index in [1.807, 2.05) is 103 Å². The Morgan fingerprint density at radius 2 is 1.05 bits per heavy atom. The molecule has 0 aliphatic rings. The molecule has 6 heteroatoms. The second-order valence-corrected chi connectivity index (χ2v) is 10.7. The second kappa shape index (κ2) is 9.71. The zero-order valence-corrected chi connectivity index (χ0v) is 23.3. The van der Waals surface area contributed by atoms with E-state index in [4.69, 9.17) is 28.8 Å². The molecule has 0 bridgehead atoms. The summed E-state index contributed by atoms with van der Waals surface area (Å²) < 4.78 is 12.6. The van der Waals surface area contributed by atoms with Crippen molar-refractivity contribution < 1.29 is 8.83 Å². The Morgan fingerprint density at radius 3 is 1.86 bits per heavy atom. The third-order valence-electron chi connectivity index (χ3n) is 7.96. The standard InChI is InChI=1S/C38H22N4O2/c1-3-11-24(12-4-1)35-40-36(27-19-18-23-10-7-8-15-26(23)22-27)42-37(41-35)28-16-9-17-29-32(28)33-30(43-29)20-21-31-34(33)39-38(44-31)25-13-5-2-6-14-25/h1-22H. The van der Waals surface area contributed by atoms with E-state index in [0.717, 1.165) is 60.5 Å². The first kappa shape index (κ1) is 24.5. The highest BCUT2D eigenvalue weighted by Crippen LogP contribution is 2.40.